The van der Waals surface area contributed by atoms with Crippen molar-refractivity contribution in [3.8, 4) is 17.1 Å². The molecule has 36 heavy (non-hydrogen) atoms. The van der Waals surface area contributed by atoms with Crippen LogP contribution in [0.1, 0.15) is 45.5 Å². The van der Waals surface area contributed by atoms with E-state index < -0.39 is 5.91 Å². The second kappa shape index (κ2) is 10.9. The number of para-hydroxylation sites is 1. The number of hydrogen-bond acceptors (Lipinski definition) is 5. The maximum Gasteiger partial charge on any atom is 0.250 e. The van der Waals surface area contributed by atoms with E-state index in [0.717, 1.165) is 54.6 Å². The van der Waals surface area contributed by atoms with Crippen molar-refractivity contribution < 1.29 is 9.53 Å². The number of rotatable bonds is 8. The van der Waals surface area contributed by atoms with Crippen LogP contribution in [0.4, 0.5) is 0 Å². The highest BCUT2D eigenvalue weighted by atomic mass is 35.5. The lowest BCUT2D eigenvalue weighted by Crippen LogP contribution is -2.34. The fraction of sp³-hybridized carbons (Fsp3) is 0.286. The van der Waals surface area contributed by atoms with Crippen LogP contribution in [0.3, 0.4) is 0 Å². The van der Waals surface area contributed by atoms with E-state index in [2.05, 4.69) is 39.8 Å². The van der Waals surface area contributed by atoms with E-state index in [1.807, 2.05) is 36.6 Å². The Bertz CT molecular complexity index is 1340. The molecule has 0 radical (unpaired) electrons. The van der Waals surface area contributed by atoms with Gasteiger partial charge in [0, 0.05) is 36.8 Å². The summed E-state index contributed by atoms with van der Waals surface area (Å²) in [5.74, 6) is 0.222. The van der Waals surface area contributed by atoms with Crippen molar-refractivity contribution in [1.29, 1.82) is 0 Å². The third-order valence-electron chi connectivity index (χ3n) is 6.73. The maximum absolute atomic E-state index is 12.2. The van der Waals surface area contributed by atoms with Crippen LogP contribution in [0.5, 0.6) is 5.75 Å². The third kappa shape index (κ3) is 5.33. The number of piperidine rings is 1. The molecule has 2 aromatic heterocycles. The molecule has 1 fully saturated rings. The fourth-order valence-corrected chi connectivity index (χ4v) is 5.80. The number of carbonyl (C=O) groups is 1. The highest BCUT2D eigenvalue weighted by molar-refractivity contribution is 7.09. The van der Waals surface area contributed by atoms with Crippen molar-refractivity contribution in [2.75, 3.05) is 13.1 Å². The Balaban J connectivity index is 1.34. The van der Waals surface area contributed by atoms with E-state index in [1.54, 1.807) is 6.07 Å². The number of likely N-dealkylation sites (tertiary alicyclic amines) is 1. The molecule has 4 aromatic rings. The van der Waals surface area contributed by atoms with Crippen LogP contribution in [0, 0.1) is 6.92 Å². The fourth-order valence-electron chi connectivity index (χ4n) is 4.91. The molecule has 1 aliphatic rings. The molecule has 3 heterocycles. The molecule has 6 nitrogen and oxygen atoms in total. The molecule has 2 N–H and O–H groups in total. The van der Waals surface area contributed by atoms with E-state index in [1.165, 1.54) is 16.9 Å². The summed E-state index contributed by atoms with van der Waals surface area (Å²) in [6.07, 6.45) is 2.00. The van der Waals surface area contributed by atoms with Gasteiger partial charge in [-0.15, -0.1) is 11.3 Å². The van der Waals surface area contributed by atoms with Gasteiger partial charge in [-0.05, 0) is 43.5 Å². The molecule has 1 saturated heterocycles. The van der Waals surface area contributed by atoms with Gasteiger partial charge < -0.3 is 15.0 Å². The minimum atomic E-state index is -0.411. The third-order valence-corrected chi connectivity index (χ3v) is 7.87. The second-order valence-electron chi connectivity index (χ2n) is 9.10. The molecule has 0 spiro atoms. The Morgan fingerprint density at radius 1 is 1.14 bits per heavy atom. The van der Waals surface area contributed by atoms with E-state index in [9.17, 15) is 4.79 Å². The van der Waals surface area contributed by atoms with Crippen molar-refractivity contribution in [3.63, 3.8) is 0 Å². The number of hydrogen-bond donors (Lipinski definition) is 1. The quantitative estimate of drug-likeness (QED) is 0.305. The summed E-state index contributed by atoms with van der Waals surface area (Å²) in [6, 6.07) is 20.2. The zero-order chi connectivity index (χ0) is 25.1. The molecule has 1 aliphatic heterocycles. The summed E-state index contributed by atoms with van der Waals surface area (Å²) < 4.78 is 8.15. The van der Waals surface area contributed by atoms with Gasteiger partial charge in [0.2, 0.25) is 0 Å². The normalized spacial score (nSPS) is 14.7. The van der Waals surface area contributed by atoms with Gasteiger partial charge in [0.15, 0.2) is 0 Å². The van der Waals surface area contributed by atoms with Crippen molar-refractivity contribution in [2.45, 2.75) is 39.0 Å². The smallest absolute Gasteiger partial charge is 0.250 e. The molecule has 8 heteroatoms. The maximum atomic E-state index is 12.2. The molecule has 1 amide bonds. The van der Waals surface area contributed by atoms with Crippen molar-refractivity contribution in [3.05, 3.63) is 92.9 Å². The monoisotopic (exact) mass is 520 g/mol. The van der Waals surface area contributed by atoms with Gasteiger partial charge in [-0.25, -0.2) is 4.98 Å². The Morgan fingerprint density at radius 2 is 1.86 bits per heavy atom. The van der Waals surface area contributed by atoms with Gasteiger partial charge in [-0.3, -0.25) is 9.69 Å². The number of nitrogens with zero attached hydrogens (tertiary/aromatic N) is 3. The van der Waals surface area contributed by atoms with Crippen LogP contribution in [0.15, 0.2) is 66.0 Å². The molecular weight excluding hydrogens is 492 g/mol. The van der Waals surface area contributed by atoms with Crippen molar-refractivity contribution in [1.82, 2.24) is 14.5 Å². The first-order valence-corrected chi connectivity index (χ1v) is 13.4. The summed E-state index contributed by atoms with van der Waals surface area (Å²) in [4.78, 5) is 19.5. The molecule has 0 aliphatic carbocycles. The Labute approximate surface area is 220 Å². The zero-order valence-electron chi connectivity index (χ0n) is 20.2. The molecule has 0 bridgehead atoms. The van der Waals surface area contributed by atoms with Crippen LogP contribution in [-0.4, -0.2) is 33.4 Å². The topological polar surface area (TPSA) is 73.4 Å². The number of carbonyl (C=O) groups excluding carboxylic acids is 1. The van der Waals surface area contributed by atoms with E-state index in [4.69, 9.17) is 27.1 Å². The number of aromatic nitrogens is 2. The number of ether oxygens (including phenoxy) is 1. The summed E-state index contributed by atoms with van der Waals surface area (Å²) in [6.45, 7) is 5.26. The Morgan fingerprint density at radius 3 is 2.58 bits per heavy atom. The van der Waals surface area contributed by atoms with Crippen LogP contribution in [0.25, 0.3) is 11.4 Å². The Hall–Kier alpha value is -3.13. The summed E-state index contributed by atoms with van der Waals surface area (Å²) in [5.41, 5.74) is 10.3. The predicted octanol–water partition coefficient (Wildman–Crippen LogP) is 6.09. The van der Waals surface area contributed by atoms with Gasteiger partial charge in [0.05, 0.1) is 22.0 Å². The van der Waals surface area contributed by atoms with Crippen LogP contribution in [0.2, 0.25) is 5.02 Å². The number of nitrogens with two attached hydrogens (primary N) is 1. The molecular formula is C28H29ClN4O2S. The van der Waals surface area contributed by atoms with Crippen LogP contribution in [-0.2, 0) is 13.2 Å². The summed E-state index contributed by atoms with van der Waals surface area (Å²) in [7, 11) is 0. The molecule has 0 atom stereocenters. The highest BCUT2D eigenvalue weighted by Gasteiger charge is 2.27. The molecule has 186 valence electrons. The minimum absolute atomic E-state index is 0.282. The van der Waals surface area contributed by atoms with Crippen LogP contribution < -0.4 is 10.5 Å². The number of primary amides is 1. The number of benzene rings is 2. The lowest BCUT2D eigenvalue weighted by molar-refractivity contribution is 0.0999. The Kier molecular flexibility index (Phi) is 7.41. The predicted molar refractivity (Wildman–Crippen MR) is 145 cm³/mol. The average molecular weight is 521 g/mol. The first-order chi connectivity index (χ1) is 17.5. The lowest BCUT2D eigenvalue weighted by atomic mass is 10.0. The lowest BCUT2D eigenvalue weighted by Gasteiger charge is -2.34. The minimum Gasteiger partial charge on any atom is -0.485 e. The molecule has 2 aromatic carbocycles. The van der Waals surface area contributed by atoms with Gasteiger partial charge in [0.25, 0.3) is 5.91 Å². The second-order valence-corrected chi connectivity index (χ2v) is 10.5. The SMILES string of the molecule is Cc1c(C(N)=O)cc(-c2csc(COc3ccccc3Cl)n2)n1C1CCN(Cc2ccccc2)CC1. The van der Waals surface area contributed by atoms with E-state index in [-0.39, 0.29) is 6.04 Å². The number of thiazole rings is 1. The first-order valence-electron chi connectivity index (χ1n) is 12.1. The molecule has 5 rings (SSSR count). The van der Waals surface area contributed by atoms with E-state index in [0.29, 0.717) is 22.9 Å². The van der Waals surface area contributed by atoms with Gasteiger partial charge in [-0.2, -0.15) is 0 Å². The van der Waals surface area contributed by atoms with Gasteiger partial charge in [-0.1, -0.05) is 54.1 Å². The van der Waals surface area contributed by atoms with Crippen LogP contribution >= 0.6 is 22.9 Å². The summed E-state index contributed by atoms with van der Waals surface area (Å²) >= 11 is 7.74. The van der Waals surface area contributed by atoms with Crippen molar-refractivity contribution in [2.24, 2.45) is 5.73 Å². The highest BCUT2D eigenvalue weighted by Crippen LogP contribution is 2.35. The standard InChI is InChI=1S/C28H29ClN4O2S/c1-19-22(28(30)34)15-25(24-18-36-27(31-24)17-35-26-10-6-5-9-23(26)29)33(19)21-11-13-32(14-12-21)16-20-7-3-2-4-8-20/h2-10,15,18,21H,11-14,16-17H2,1H3,(H2,30,34). The molecule has 0 saturated carbocycles. The van der Waals surface area contributed by atoms with E-state index >= 15 is 0 Å². The number of amides is 1. The zero-order valence-corrected chi connectivity index (χ0v) is 21.8. The number of halogens is 1. The van der Waals surface area contributed by atoms with Gasteiger partial charge in [0.1, 0.15) is 17.4 Å². The molecule has 0 unspecified atom stereocenters. The average Bonchev–Trinajstić information content (AvgIpc) is 3.49. The largest absolute Gasteiger partial charge is 0.485 e. The van der Waals surface area contributed by atoms with Crippen molar-refractivity contribution >= 4 is 28.8 Å². The first kappa shape index (κ1) is 24.6. The summed E-state index contributed by atoms with van der Waals surface area (Å²) in [5, 5.41) is 3.43. The van der Waals surface area contributed by atoms with Gasteiger partial charge >= 0.3 is 0 Å².